The molecule has 0 amide bonds. The highest BCUT2D eigenvalue weighted by Crippen LogP contribution is 2.48. The van der Waals surface area contributed by atoms with Crippen molar-refractivity contribution < 1.29 is 13.3 Å². The number of para-hydroxylation sites is 10. The molecule has 0 saturated heterocycles. The first-order chi connectivity index (χ1) is 64.0. The Bertz CT molecular complexity index is 9240. The maximum Gasteiger partial charge on any atom is 0.246 e. The summed E-state index contributed by atoms with van der Waals surface area (Å²) in [4.78, 5) is 27.2. The highest BCUT2D eigenvalue weighted by atomic mass is 16.3. The first-order valence-electron chi connectivity index (χ1n) is 43.2. The number of furan rings is 3. The number of hydrogen-bond donors (Lipinski definition) is 0. The van der Waals surface area contributed by atoms with Crippen LogP contribution in [-0.4, -0.2) is 57.3 Å². The lowest BCUT2D eigenvalue weighted by Gasteiger charge is -2.17. The summed E-state index contributed by atoms with van der Waals surface area (Å²) < 4.78 is 33.2. The van der Waals surface area contributed by atoms with E-state index in [1.54, 1.807) is 37.2 Å². The zero-order chi connectivity index (χ0) is 84.5. The van der Waals surface area contributed by atoms with Crippen LogP contribution in [-0.2, 0) is 0 Å². The van der Waals surface area contributed by atoms with Gasteiger partial charge < -0.3 is 40.7 Å². The fourth-order valence-corrected chi connectivity index (χ4v) is 20.5. The smallest absolute Gasteiger partial charge is 0.246 e. The number of fused-ring (bicyclic) bond motifs is 27. The molecule has 29 aromatic rings. The predicted octanol–water partition coefficient (Wildman–Crippen LogP) is 29.0. The molecule has 0 aliphatic heterocycles. The van der Waals surface area contributed by atoms with Crippen molar-refractivity contribution in [1.82, 2.24) is 57.3 Å². The molecule has 15 nitrogen and oxygen atoms in total. The number of nitrogens with zero attached hydrogens (tertiary/aromatic N) is 12. The van der Waals surface area contributed by atoms with Crippen LogP contribution in [0.2, 0.25) is 0 Å². The largest absolute Gasteiger partial charge is 0.436 e. The second kappa shape index (κ2) is 28.4. The van der Waals surface area contributed by atoms with Crippen LogP contribution in [0.5, 0.6) is 0 Å². The third-order valence-electron chi connectivity index (χ3n) is 25.9. The SMILES string of the molecule is c1ccc(-c2c(-n3c4ccccc4c4cc(-n5c6ccccc6c6ccccc65)ccc43)ccc3c2oc2nccnc23)cc1.c1ccc(-c2cc3c(cc2-n2c4ccccc4c4cc(-n5c6ccccc6c6ccccc65)ccc42)oc2nccnc23)cc1.c1ccc2c(c1)c1ccccc1n2-c1cc2oc3nccnc3c2cc1-n1c2ccccc2c2ccccc21. The molecule has 0 bridgehead atoms. The second-order valence-corrected chi connectivity index (χ2v) is 32.8. The first kappa shape index (κ1) is 71.7. The molecule has 0 saturated carbocycles. The third-order valence-corrected chi connectivity index (χ3v) is 25.9. The molecular formula is C114H68N12O3. The standard InChI is InChI=1S/2C40H24N4O.C34H20N4O/c1-2-10-25(11-3-1)37-36(21-19-30-38-40(45-39(30)37)42-23-22-41-38)44-34-17-9-6-14-29(34)31-24-26(18-20-35(31)44)43-32-15-7-4-12-27(32)28-13-5-8-16-33(28)43;1-2-10-25(11-3-1)30-23-32-38(45-40-39(32)41-20-21-42-40)24-37(30)44-35-17-9-6-14-29(35)31-22-26(18-19-36(31)44)43-33-15-7-4-12-27(33)28-13-5-8-16-34(28)43;1-5-13-26-21(9-1)22-10-2-6-14-27(22)37(26)30-19-25-32(39-34-33(25)35-17-18-36-34)20-31(30)38-28-15-7-3-11-23(28)24-12-4-8-16-29(24)38/h2*1-24H;1-20H. The molecule has 12 aromatic heterocycles. The van der Waals surface area contributed by atoms with Crippen molar-refractivity contribution in [1.29, 1.82) is 0 Å². The average Bonchev–Trinajstić information content (AvgIpc) is 1.57. The lowest BCUT2D eigenvalue weighted by molar-refractivity contribution is 0.652. The van der Waals surface area contributed by atoms with Gasteiger partial charge in [-0.1, -0.05) is 243 Å². The molecule has 0 spiro atoms. The molecule has 0 aliphatic carbocycles. The first-order valence-corrected chi connectivity index (χ1v) is 43.2. The van der Waals surface area contributed by atoms with Gasteiger partial charge >= 0.3 is 0 Å². The molecule has 0 radical (unpaired) electrons. The van der Waals surface area contributed by atoms with Gasteiger partial charge in [0.15, 0.2) is 0 Å². The molecule has 0 fully saturated rings. The molecule has 0 atom stereocenters. The van der Waals surface area contributed by atoms with Crippen LogP contribution in [0, 0.1) is 0 Å². The molecule has 17 aromatic carbocycles. The molecule has 15 heteroatoms. The van der Waals surface area contributed by atoms with Crippen molar-refractivity contribution in [2.24, 2.45) is 0 Å². The van der Waals surface area contributed by atoms with Crippen molar-refractivity contribution in [2.45, 2.75) is 0 Å². The number of aromatic nitrogens is 12. The Kier molecular flexibility index (Phi) is 15.8. The normalized spacial score (nSPS) is 12.0. The summed E-state index contributed by atoms with van der Waals surface area (Å²) in [7, 11) is 0. The topological polar surface area (TPSA) is 146 Å². The van der Waals surface area contributed by atoms with Gasteiger partial charge in [-0.3, -0.25) is 0 Å². The summed E-state index contributed by atoms with van der Waals surface area (Å²) in [5.74, 6) is 0. The Labute approximate surface area is 732 Å². The van der Waals surface area contributed by atoms with Gasteiger partial charge in [-0.25, -0.2) is 29.9 Å². The number of benzene rings is 17. The van der Waals surface area contributed by atoms with Crippen LogP contribution in [0.25, 0.3) is 254 Å². The summed E-state index contributed by atoms with van der Waals surface area (Å²) in [6, 6.07) is 134. The summed E-state index contributed by atoms with van der Waals surface area (Å²) in [6.45, 7) is 0. The summed E-state index contributed by atoms with van der Waals surface area (Å²) in [5, 5.41) is 17.5. The van der Waals surface area contributed by atoms with Gasteiger partial charge in [0.05, 0.1) is 94.3 Å². The van der Waals surface area contributed by atoms with E-state index in [9.17, 15) is 0 Å². The Balaban J connectivity index is 0.000000100. The quantitative estimate of drug-likeness (QED) is 0.145. The van der Waals surface area contributed by atoms with Crippen molar-refractivity contribution in [2.75, 3.05) is 0 Å². The number of rotatable bonds is 8. The van der Waals surface area contributed by atoms with Crippen LogP contribution in [0.15, 0.2) is 427 Å². The molecule has 0 unspecified atom stereocenters. The van der Waals surface area contributed by atoms with Gasteiger partial charge in [-0.2, -0.15) is 0 Å². The Morgan fingerprint density at radius 2 is 0.465 bits per heavy atom. The van der Waals surface area contributed by atoms with Crippen molar-refractivity contribution in [3.05, 3.63) is 413 Å². The van der Waals surface area contributed by atoms with E-state index in [0.29, 0.717) is 17.1 Å². The van der Waals surface area contributed by atoms with E-state index in [4.69, 9.17) is 13.3 Å². The Morgan fingerprint density at radius 1 is 0.178 bits per heavy atom. The van der Waals surface area contributed by atoms with Gasteiger partial charge in [0.2, 0.25) is 17.1 Å². The average molecular weight is 1650 g/mol. The fourth-order valence-electron chi connectivity index (χ4n) is 20.5. The lowest BCUT2D eigenvalue weighted by Crippen LogP contribution is -2.03. The van der Waals surface area contributed by atoms with Gasteiger partial charge in [-0.15, -0.1) is 0 Å². The monoisotopic (exact) mass is 1650 g/mol. The van der Waals surface area contributed by atoms with Crippen LogP contribution in [0.1, 0.15) is 0 Å². The van der Waals surface area contributed by atoms with Crippen LogP contribution < -0.4 is 0 Å². The van der Waals surface area contributed by atoms with Crippen LogP contribution >= 0.6 is 0 Å². The van der Waals surface area contributed by atoms with E-state index in [0.717, 1.165) is 150 Å². The van der Waals surface area contributed by atoms with E-state index in [1.165, 1.54) is 86.7 Å². The highest BCUT2D eigenvalue weighted by molar-refractivity contribution is 6.19. The molecule has 0 aliphatic rings. The van der Waals surface area contributed by atoms with E-state index in [1.807, 2.05) is 6.07 Å². The molecule has 0 N–H and O–H groups in total. The minimum Gasteiger partial charge on any atom is -0.436 e. The zero-order valence-electron chi connectivity index (χ0n) is 68.9. The lowest BCUT2D eigenvalue weighted by atomic mass is 10.0. The summed E-state index contributed by atoms with van der Waals surface area (Å²) >= 11 is 0. The molecule has 29 rings (SSSR count). The van der Waals surface area contributed by atoms with Gasteiger partial charge in [0, 0.05) is 147 Å². The summed E-state index contributed by atoms with van der Waals surface area (Å²) in [6.07, 6.45) is 10.2. The Hall–Kier alpha value is -17.8. The van der Waals surface area contributed by atoms with Gasteiger partial charge in [0.1, 0.15) is 33.3 Å². The van der Waals surface area contributed by atoms with E-state index >= 15 is 0 Å². The van der Waals surface area contributed by atoms with Crippen molar-refractivity contribution >= 4 is 197 Å². The maximum atomic E-state index is 6.46. The molecule has 12 heterocycles. The fraction of sp³-hybridized carbons (Fsp3) is 0. The van der Waals surface area contributed by atoms with Crippen LogP contribution in [0.3, 0.4) is 0 Å². The Morgan fingerprint density at radius 3 is 0.860 bits per heavy atom. The van der Waals surface area contributed by atoms with E-state index < -0.39 is 0 Å². The molecule has 129 heavy (non-hydrogen) atoms. The van der Waals surface area contributed by atoms with Crippen molar-refractivity contribution in [3.63, 3.8) is 0 Å². The maximum absolute atomic E-state index is 6.46. The molecular weight excluding hydrogens is 1590 g/mol. The van der Waals surface area contributed by atoms with E-state index in [-0.39, 0.29) is 0 Å². The van der Waals surface area contributed by atoms with Gasteiger partial charge in [-0.05, 0) is 132 Å². The number of hydrogen-bond acceptors (Lipinski definition) is 9. The van der Waals surface area contributed by atoms with Gasteiger partial charge in [0.25, 0.3) is 0 Å². The predicted molar refractivity (Wildman–Crippen MR) is 525 cm³/mol. The summed E-state index contributed by atoms with van der Waals surface area (Å²) in [5.41, 5.74) is 30.9. The van der Waals surface area contributed by atoms with Crippen LogP contribution in [0.4, 0.5) is 0 Å². The van der Waals surface area contributed by atoms with Crippen molar-refractivity contribution in [3.8, 4) is 56.4 Å². The second-order valence-electron chi connectivity index (χ2n) is 32.8. The minimum atomic E-state index is 0.542. The molecule has 602 valence electrons. The minimum absolute atomic E-state index is 0.542. The highest BCUT2D eigenvalue weighted by Gasteiger charge is 2.28. The zero-order valence-corrected chi connectivity index (χ0v) is 68.9. The third kappa shape index (κ3) is 10.9. The van der Waals surface area contributed by atoms with E-state index in [2.05, 4.69) is 427 Å².